The highest BCUT2D eigenvalue weighted by molar-refractivity contribution is 9.11. The Labute approximate surface area is 130 Å². The summed E-state index contributed by atoms with van der Waals surface area (Å²) in [6.45, 7) is 1.54. The summed E-state index contributed by atoms with van der Waals surface area (Å²) in [5, 5.41) is 3.07. The van der Waals surface area contributed by atoms with E-state index in [9.17, 15) is 9.59 Å². The van der Waals surface area contributed by atoms with Crippen LogP contribution in [0.15, 0.2) is 15.9 Å². The van der Waals surface area contributed by atoms with Gasteiger partial charge in [-0.1, -0.05) is 0 Å². The van der Waals surface area contributed by atoms with E-state index in [-0.39, 0.29) is 11.9 Å². The molecular formula is C14H17BrN2O2S. The van der Waals surface area contributed by atoms with Gasteiger partial charge in [-0.15, -0.1) is 11.3 Å². The van der Waals surface area contributed by atoms with Crippen LogP contribution in [0.25, 0.3) is 0 Å². The van der Waals surface area contributed by atoms with Gasteiger partial charge >= 0.3 is 0 Å². The number of amides is 2. The summed E-state index contributed by atoms with van der Waals surface area (Å²) in [4.78, 5) is 26.7. The summed E-state index contributed by atoms with van der Waals surface area (Å²) in [6.07, 6.45) is 3.83. The Hall–Kier alpha value is -0.880. The lowest BCUT2D eigenvalue weighted by atomic mass is 10.0. The number of hydrogen-bond donors (Lipinski definition) is 1. The highest BCUT2D eigenvalue weighted by Gasteiger charge is 2.35. The normalized spacial score (nSPS) is 19.9. The van der Waals surface area contributed by atoms with Crippen molar-refractivity contribution in [1.29, 1.82) is 0 Å². The lowest BCUT2D eigenvalue weighted by molar-refractivity contribution is -0.133. The van der Waals surface area contributed by atoms with E-state index < -0.39 is 0 Å². The second-order valence-electron chi connectivity index (χ2n) is 5.45. The zero-order chi connectivity index (χ0) is 14.1. The van der Waals surface area contributed by atoms with Crippen molar-refractivity contribution in [2.75, 3.05) is 13.1 Å². The molecular weight excluding hydrogens is 340 g/mol. The SMILES string of the molecule is O=C(NC1CCN(C(=O)C2CC2)CC1)c1ccc(Br)s1. The first-order chi connectivity index (χ1) is 9.63. The van der Waals surface area contributed by atoms with E-state index in [0.29, 0.717) is 11.8 Å². The van der Waals surface area contributed by atoms with Gasteiger partial charge in [0.25, 0.3) is 5.91 Å². The predicted octanol–water partition coefficient (Wildman–Crippen LogP) is 2.64. The molecule has 2 heterocycles. The van der Waals surface area contributed by atoms with Crippen LogP contribution in [0.1, 0.15) is 35.4 Å². The van der Waals surface area contributed by atoms with Gasteiger partial charge in [-0.05, 0) is 53.7 Å². The first kappa shape index (κ1) is 14.1. The molecule has 0 spiro atoms. The average molecular weight is 357 g/mol. The number of piperidine rings is 1. The first-order valence-electron chi connectivity index (χ1n) is 6.98. The number of carbonyl (C=O) groups excluding carboxylic acids is 2. The van der Waals surface area contributed by atoms with Gasteiger partial charge in [0.15, 0.2) is 0 Å². The molecule has 0 aromatic carbocycles. The van der Waals surface area contributed by atoms with E-state index >= 15 is 0 Å². The third-order valence-corrected chi connectivity index (χ3v) is 5.49. The number of hydrogen-bond acceptors (Lipinski definition) is 3. The topological polar surface area (TPSA) is 49.4 Å². The second kappa shape index (κ2) is 5.85. The third kappa shape index (κ3) is 3.23. The van der Waals surface area contributed by atoms with E-state index in [1.54, 1.807) is 0 Å². The number of likely N-dealkylation sites (tertiary alicyclic amines) is 1. The van der Waals surface area contributed by atoms with E-state index in [0.717, 1.165) is 47.4 Å². The second-order valence-corrected chi connectivity index (χ2v) is 7.91. The van der Waals surface area contributed by atoms with Crippen LogP contribution in [-0.2, 0) is 4.79 Å². The fourth-order valence-electron chi connectivity index (χ4n) is 2.53. The Morgan fingerprint density at radius 1 is 1.20 bits per heavy atom. The van der Waals surface area contributed by atoms with Crippen LogP contribution >= 0.6 is 27.3 Å². The number of nitrogens with zero attached hydrogens (tertiary/aromatic N) is 1. The molecule has 0 radical (unpaired) electrons. The minimum absolute atomic E-state index is 0.00679. The molecule has 1 aromatic rings. The quantitative estimate of drug-likeness (QED) is 0.904. The van der Waals surface area contributed by atoms with Crippen LogP contribution in [0.3, 0.4) is 0 Å². The number of carbonyl (C=O) groups is 2. The minimum Gasteiger partial charge on any atom is -0.348 e. The summed E-state index contributed by atoms with van der Waals surface area (Å²) < 4.78 is 0.965. The van der Waals surface area contributed by atoms with E-state index in [1.165, 1.54) is 11.3 Å². The predicted molar refractivity (Wildman–Crippen MR) is 81.8 cm³/mol. The fraction of sp³-hybridized carbons (Fsp3) is 0.571. The zero-order valence-corrected chi connectivity index (χ0v) is 13.5. The molecule has 2 fully saturated rings. The lowest BCUT2D eigenvalue weighted by Gasteiger charge is -2.32. The molecule has 1 saturated carbocycles. The summed E-state index contributed by atoms with van der Waals surface area (Å²) in [6, 6.07) is 3.90. The van der Waals surface area contributed by atoms with Crippen LogP contribution in [-0.4, -0.2) is 35.8 Å². The highest BCUT2D eigenvalue weighted by atomic mass is 79.9. The molecule has 2 amide bonds. The molecule has 2 aliphatic rings. The molecule has 3 rings (SSSR count). The standard InChI is InChI=1S/C14H17BrN2O2S/c15-12-4-3-11(20-12)13(18)16-10-5-7-17(8-6-10)14(19)9-1-2-9/h3-4,9-10H,1-2,5-8H2,(H,16,18). The number of halogens is 1. The molecule has 4 nitrogen and oxygen atoms in total. The van der Waals surface area contributed by atoms with Gasteiger partial charge in [-0.25, -0.2) is 0 Å². The number of thiophene rings is 1. The monoisotopic (exact) mass is 356 g/mol. The van der Waals surface area contributed by atoms with Crippen molar-refractivity contribution in [3.63, 3.8) is 0 Å². The smallest absolute Gasteiger partial charge is 0.261 e. The van der Waals surface area contributed by atoms with Gasteiger partial charge < -0.3 is 10.2 Å². The van der Waals surface area contributed by atoms with Crippen LogP contribution in [0.5, 0.6) is 0 Å². The third-order valence-electron chi connectivity index (χ3n) is 3.87. The molecule has 1 saturated heterocycles. The Kier molecular flexibility index (Phi) is 4.12. The van der Waals surface area contributed by atoms with Gasteiger partial charge in [0.2, 0.25) is 5.91 Å². The Morgan fingerprint density at radius 3 is 2.45 bits per heavy atom. The number of nitrogens with one attached hydrogen (secondary N) is 1. The molecule has 108 valence electrons. The van der Waals surface area contributed by atoms with E-state index in [1.807, 2.05) is 17.0 Å². The van der Waals surface area contributed by atoms with E-state index in [2.05, 4.69) is 21.2 Å². The maximum Gasteiger partial charge on any atom is 0.261 e. The molecule has 0 atom stereocenters. The van der Waals surface area contributed by atoms with Gasteiger partial charge in [-0.2, -0.15) is 0 Å². The molecule has 6 heteroatoms. The fourth-order valence-corrected chi connectivity index (χ4v) is 3.81. The summed E-state index contributed by atoms with van der Waals surface area (Å²) in [7, 11) is 0. The largest absolute Gasteiger partial charge is 0.348 e. The molecule has 1 aliphatic carbocycles. The van der Waals surface area contributed by atoms with Crippen molar-refractivity contribution < 1.29 is 9.59 Å². The molecule has 0 bridgehead atoms. The first-order valence-corrected chi connectivity index (χ1v) is 8.59. The van der Waals surface area contributed by atoms with Gasteiger partial charge in [0.05, 0.1) is 8.66 Å². The molecule has 20 heavy (non-hydrogen) atoms. The van der Waals surface area contributed by atoms with Crippen LogP contribution < -0.4 is 5.32 Å². The van der Waals surface area contributed by atoms with Crippen molar-refractivity contribution in [2.45, 2.75) is 31.7 Å². The lowest BCUT2D eigenvalue weighted by Crippen LogP contribution is -2.46. The van der Waals surface area contributed by atoms with Gasteiger partial charge in [-0.3, -0.25) is 9.59 Å². The average Bonchev–Trinajstić information content (AvgIpc) is 3.20. The summed E-state index contributed by atoms with van der Waals surface area (Å²) >= 11 is 4.81. The van der Waals surface area contributed by atoms with Crippen molar-refractivity contribution >= 4 is 39.1 Å². The van der Waals surface area contributed by atoms with Crippen molar-refractivity contribution in [2.24, 2.45) is 5.92 Å². The molecule has 1 aliphatic heterocycles. The number of rotatable bonds is 3. The van der Waals surface area contributed by atoms with Crippen LogP contribution in [0.4, 0.5) is 0 Å². The molecule has 1 aromatic heterocycles. The zero-order valence-electron chi connectivity index (χ0n) is 11.1. The summed E-state index contributed by atoms with van der Waals surface area (Å²) in [5.74, 6) is 0.606. The Bertz CT molecular complexity index is 519. The van der Waals surface area contributed by atoms with Gasteiger partial charge in [0.1, 0.15) is 0 Å². The molecule has 1 N–H and O–H groups in total. The Balaban J connectivity index is 1.48. The van der Waals surface area contributed by atoms with E-state index in [4.69, 9.17) is 0 Å². The van der Waals surface area contributed by atoms with Gasteiger partial charge in [0, 0.05) is 25.0 Å². The van der Waals surface area contributed by atoms with Crippen molar-refractivity contribution in [1.82, 2.24) is 10.2 Å². The van der Waals surface area contributed by atoms with Crippen LogP contribution in [0, 0.1) is 5.92 Å². The summed E-state index contributed by atoms with van der Waals surface area (Å²) in [5.41, 5.74) is 0. The maximum atomic E-state index is 12.1. The van der Waals surface area contributed by atoms with Crippen molar-refractivity contribution in [3.8, 4) is 0 Å². The Morgan fingerprint density at radius 2 is 1.90 bits per heavy atom. The van der Waals surface area contributed by atoms with Crippen molar-refractivity contribution in [3.05, 3.63) is 20.8 Å². The molecule has 0 unspecified atom stereocenters. The maximum absolute atomic E-state index is 12.1. The highest BCUT2D eigenvalue weighted by Crippen LogP contribution is 2.32. The minimum atomic E-state index is -0.00679. The van der Waals surface area contributed by atoms with Crippen LogP contribution in [0.2, 0.25) is 0 Å².